The van der Waals surface area contributed by atoms with Gasteiger partial charge in [0.25, 0.3) is 0 Å². The van der Waals surface area contributed by atoms with Gasteiger partial charge >= 0.3 is 202 Å². The first-order valence-corrected chi connectivity index (χ1v) is 12.7. The molecule has 2 heterocycles. The van der Waals surface area contributed by atoms with Crippen molar-refractivity contribution in [3.8, 4) is 11.5 Å². The van der Waals surface area contributed by atoms with E-state index in [9.17, 15) is 20.1 Å². The molecule has 4 N–H and O–H groups in total. The van der Waals surface area contributed by atoms with E-state index in [-0.39, 0.29) is 18.0 Å². The number of anilines is 1. The molecule has 0 saturated carbocycles. The maximum absolute atomic E-state index is 11.3. The van der Waals surface area contributed by atoms with Crippen LogP contribution in [0.5, 0.6) is 11.5 Å². The molecule has 0 saturated heterocycles. The fourth-order valence-electron chi connectivity index (χ4n) is 3.99. The van der Waals surface area contributed by atoms with Gasteiger partial charge in [0.15, 0.2) is 0 Å². The molecule has 1 aliphatic heterocycles. The quantitative estimate of drug-likeness (QED) is 0.209. The molecule has 1 aliphatic rings. The number of nitrogens with zero attached hydrogens (tertiary/aromatic N) is 2. The van der Waals surface area contributed by atoms with E-state index >= 15 is 0 Å². The second-order valence-electron chi connectivity index (χ2n) is 7.58. The Bertz CT molecular complexity index is 1300. The summed E-state index contributed by atoms with van der Waals surface area (Å²) in [7, 11) is 0. The van der Waals surface area contributed by atoms with Crippen molar-refractivity contribution in [3.05, 3.63) is 56.8 Å². The number of phenolic OH excluding ortho intramolecular Hbond substituents is 2. The van der Waals surface area contributed by atoms with Gasteiger partial charge in [-0.25, -0.2) is 0 Å². The van der Waals surface area contributed by atoms with Crippen molar-refractivity contribution in [2.75, 3.05) is 4.90 Å². The third kappa shape index (κ3) is 3.79. The van der Waals surface area contributed by atoms with E-state index in [1.807, 2.05) is 43.9 Å². The van der Waals surface area contributed by atoms with Gasteiger partial charge in [-0.05, 0) is 0 Å². The van der Waals surface area contributed by atoms with E-state index in [0.29, 0.717) is 17.1 Å². The van der Waals surface area contributed by atoms with Gasteiger partial charge in [0.05, 0.1) is 0 Å². The Balaban J connectivity index is 1.86. The number of phenols is 2. The molecule has 0 radical (unpaired) electrons. The molecule has 7 nitrogen and oxygen atoms in total. The summed E-state index contributed by atoms with van der Waals surface area (Å²) < 4.78 is 7.12. The predicted octanol–water partition coefficient (Wildman–Crippen LogP) is 1.01. The Kier molecular flexibility index (Phi) is 6.04. The van der Waals surface area contributed by atoms with Crippen molar-refractivity contribution in [1.29, 1.82) is 0 Å². The van der Waals surface area contributed by atoms with Gasteiger partial charge in [0.1, 0.15) is 0 Å². The second-order valence-corrected chi connectivity index (χ2v) is 9.75. The first-order valence-electron chi connectivity index (χ1n) is 10.0. The molecule has 0 amide bonds. The first kappa shape index (κ1) is 22.4. The monoisotopic (exact) mass is 564 g/mol. The molecule has 9 heteroatoms. The molecular weight excluding hydrogens is 541 g/mol. The topological polar surface area (TPSA) is 98.0 Å². The van der Waals surface area contributed by atoms with Crippen LogP contribution in [-0.2, 0) is 17.8 Å². The van der Waals surface area contributed by atoms with E-state index in [2.05, 4.69) is 7.61 Å². The number of halogens is 1. The number of rotatable bonds is 5. The summed E-state index contributed by atoms with van der Waals surface area (Å²) in [5.41, 5.74) is 5.70. The van der Waals surface area contributed by atoms with Crippen LogP contribution in [0.3, 0.4) is 0 Å². The van der Waals surface area contributed by atoms with Crippen LogP contribution < -0.4 is 29.9 Å². The Morgan fingerprint density at radius 1 is 1.16 bits per heavy atom. The molecule has 0 fully saturated rings. The number of hydrogen-bond donors (Lipinski definition) is 4. The molecule has 0 atom stereocenters. The van der Waals surface area contributed by atoms with Crippen LogP contribution in [-0.4, -0.2) is 31.0 Å². The summed E-state index contributed by atoms with van der Waals surface area (Å²) in [5.74, 6) is -0.830. The molecule has 0 bridgehead atoms. The Labute approximate surface area is 201 Å². The summed E-state index contributed by atoms with van der Waals surface area (Å²) in [5, 5.41) is 31.5. The van der Waals surface area contributed by atoms with E-state index in [4.69, 9.17) is 12.2 Å². The van der Waals surface area contributed by atoms with Crippen LogP contribution in [0.2, 0.25) is 0 Å². The summed E-state index contributed by atoms with van der Waals surface area (Å²) in [4.78, 5) is 13.2. The normalized spacial score (nSPS) is 14.2. The zero-order valence-electron chi connectivity index (χ0n) is 17.8. The summed E-state index contributed by atoms with van der Waals surface area (Å²) >= 11 is 5.11. The predicted molar refractivity (Wildman–Crippen MR) is 124 cm³/mol. The number of benzene rings is 2. The molecule has 1 aromatic heterocycles. The van der Waals surface area contributed by atoms with Crippen LogP contribution >= 0.6 is 12.2 Å². The van der Waals surface area contributed by atoms with Crippen molar-refractivity contribution in [2.45, 2.75) is 33.7 Å². The molecule has 0 aliphatic carbocycles. The number of carboxylic acid groups (broad SMARTS) is 1. The van der Waals surface area contributed by atoms with Crippen molar-refractivity contribution < 1.29 is 41.6 Å². The molecule has 3 aromatic rings. The zero-order chi connectivity index (χ0) is 23.2. The standard InChI is InChI=1S/C23H23IN3O4S/c1-4-14-7-17(21(29)9-20(14)28)19-10-24-25-23(32)27(19)15-5-6-18-16(8-15)12(2)13(3)26(18)11-22(30)31/h5-10,28-29H,4,11H2,1-3H3,(H,25,32)(H,30,31)/q-1. The summed E-state index contributed by atoms with van der Waals surface area (Å²) in [6.45, 7) is 5.74. The number of aromatic nitrogens is 1. The second kappa shape index (κ2) is 8.62. The number of thiocarbonyl (C=S) groups is 1. The van der Waals surface area contributed by atoms with Crippen molar-refractivity contribution >= 4 is 45.6 Å². The van der Waals surface area contributed by atoms with Gasteiger partial charge in [-0.1, -0.05) is 0 Å². The minimum absolute atomic E-state index is 0.00891. The molecule has 4 rings (SSSR count). The van der Waals surface area contributed by atoms with Crippen molar-refractivity contribution in [1.82, 2.24) is 8.10 Å². The summed E-state index contributed by atoms with van der Waals surface area (Å²) in [6, 6.07) is 8.99. The number of nitrogens with one attached hydrogen (secondary N) is 1. The minimum atomic E-state index is -0.890. The van der Waals surface area contributed by atoms with Crippen LogP contribution in [0.25, 0.3) is 16.6 Å². The fourth-order valence-corrected chi connectivity index (χ4v) is 6.06. The number of carboxylic acids is 1. The summed E-state index contributed by atoms with van der Waals surface area (Å²) in [6.07, 6.45) is 0.631. The third-order valence-corrected chi connectivity index (χ3v) is 8.14. The number of fused-ring (bicyclic) bond motifs is 1. The Morgan fingerprint density at radius 2 is 1.91 bits per heavy atom. The average molecular weight is 564 g/mol. The van der Waals surface area contributed by atoms with E-state index < -0.39 is 27.4 Å². The number of aryl methyl sites for hydroxylation is 2. The maximum atomic E-state index is 11.3. The Morgan fingerprint density at radius 3 is 2.59 bits per heavy atom. The van der Waals surface area contributed by atoms with Gasteiger partial charge in [-0.3, -0.25) is 0 Å². The molecule has 32 heavy (non-hydrogen) atoms. The number of hydrogen-bond acceptors (Lipinski definition) is 4. The number of aliphatic carboxylic acids is 1. The SMILES string of the molecule is CCc1cc(C2=C[I-]NC(=S)N2c2ccc3c(c2)c(C)c(C)n3CC(=O)O)c(O)cc1O. The average Bonchev–Trinajstić information content (AvgIpc) is 2.98. The number of aromatic hydroxyl groups is 2. The van der Waals surface area contributed by atoms with Crippen LogP contribution in [0, 0.1) is 13.8 Å². The molecule has 0 unspecified atom stereocenters. The van der Waals surface area contributed by atoms with Gasteiger partial charge in [-0.2, -0.15) is 0 Å². The van der Waals surface area contributed by atoms with Crippen LogP contribution in [0.1, 0.15) is 29.3 Å². The first-order chi connectivity index (χ1) is 15.2. The van der Waals surface area contributed by atoms with Gasteiger partial charge in [0, 0.05) is 0 Å². The van der Waals surface area contributed by atoms with Crippen molar-refractivity contribution in [2.24, 2.45) is 0 Å². The third-order valence-electron chi connectivity index (χ3n) is 5.77. The Hall–Kier alpha value is -2.79. The van der Waals surface area contributed by atoms with Crippen LogP contribution in [0.4, 0.5) is 5.69 Å². The van der Waals surface area contributed by atoms with E-state index in [0.717, 1.165) is 39.1 Å². The zero-order valence-corrected chi connectivity index (χ0v) is 20.8. The van der Waals surface area contributed by atoms with Gasteiger partial charge in [0.2, 0.25) is 0 Å². The molecular formula is C23H23IN3O4S-. The van der Waals surface area contributed by atoms with Gasteiger partial charge < -0.3 is 0 Å². The fraction of sp³-hybridized carbons (Fsp3) is 0.217. The molecule has 0 spiro atoms. The molecule has 168 valence electrons. The van der Waals surface area contributed by atoms with E-state index in [1.165, 1.54) is 6.07 Å². The van der Waals surface area contributed by atoms with Crippen molar-refractivity contribution in [3.63, 3.8) is 0 Å². The van der Waals surface area contributed by atoms with Gasteiger partial charge in [-0.15, -0.1) is 0 Å². The molecule has 2 aromatic carbocycles. The van der Waals surface area contributed by atoms with E-state index in [1.54, 1.807) is 10.6 Å². The van der Waals surface area contributed by atoms with Crippen LogP contribution in [0.15, 0.2) is 34.4 Å². The number of carbonyl (C=O) groups is 1.